The molecular formula is C25H37O6P. The summed E-state index contributed by atoms with van der Waals surface area (Å²) in [5.41, 5.74) is 0. The molecule has 6 nitrogen and oxygen atoms in total. The van der Waals surface area contributed by atoms with Gasteiger partial charge in [0, 0.05) is 18.2 Å². The monoisotopic (exact) mass is 464 g/mol. The molecule has 1 unspecified atom stereocenters. The summed E-state index contributed by atoms with van der Waals surface area (Å²) >= 11 is 0. The Morgan fingerprint density at radius 1 is 0.719 bits per heavy atom. The van der Waals surface area contributed by atoms with Gasteiger partial charge in [-0.05, 0) is 18.6 Å². The first-order valence-electron chi connectivity index (χ1n) is 11.6. The van der Waals surface area contributed by atoms with E-state index in [1.54, 1.807) is 42.5 Å². The molecule has 1 atom stereocenters. The van der Waals surface area contributed by atoms with E-state index in [1.807, 2.05) is 0 Å². The van der Waals surface area contributed by atoms with Crippen LogP contribution < -0.4 is 18.5 Å². The maximum atomic E-state index is 12.4. The molecule has 0 fully saturated rings. The second-order valence-corrected chi connectivity index (χ2v) is 9.14. The number of ether oxygens (including phenoxy) is 2. The second-order valence-electron chi connectivity index (χ2n) is 7.84. The van der Waals surface area contributed by atoms with Gasteiger partial charge in [0.05, 0.1) is 13.7 Å². The molecule has 0 aromatic heterocycles. The van der Waals surface area contributed by atoms with Gasteiger partial charge in [-0.1, -0.05) is 82.9 Å². The molecule has 1 N–H and O–H groups in total. The molecule has 0 aliphatic carbocycles. The lowest BCUT2D eigenvalue weighted by molar-refractivity contribution is 0.285. The standard InChI is InChI=1S/C25H37O6P/c1-3-4-5-6-7-8-9-10-11-15-18-29-24-19-23(28-2)20-25(21-24)31-32(26,27)30-22-16-13-12-14-17-22/h12-14,16-17,19-21H,3-11,15,18H2,1-2H3,(H,26,27). The molecule has 178 valence electrons. The average molecular weight is 465 g/mol. The lowest BCUT2D eigenvalue weighted by Crippen LogP contribution is -2.01. The molecule has 0 aliphatic rings. The van der Waals surface area contributed by atoms with Crippen molar-refractivity contribution in [2.75, 3.05) is 13.7 Å². The summed E-state index contributed by atoms with van der Waals surface area (Å²) < 4.78 is 33.8. The summed E-state index contributed by atoms with van der Waals surface area (Å²) in [5, 5.41) is 0. The van der Waals surface area contributed by atoms with Crippen molar-refractivity contribution in [1.29, 1.82) is 0 Å². The summed E-state index contributed by atoms with van der Waals surface area (Å²) in [6.45, 7) is 2.81. The first kappa shape index (κ1) is 26.1. The fourth-order valence-electron chi connectivity index (χ4n) is 3.35. The number of benzene rings is 2. The van der Waals surface area contributed by atoms with E-state index in [0.717, 1.165) is 12.8 Å². The van der Waals surface area contributed by atoms with Crippen LogP contribution in [0.3, 0.4) is 0 Å². The van der Waals surface area contributed by atoms with Crippen LogP contribution in [0.25, 0.3) is 0 Å². The Balaban J connectivity index is 1.74. The topological polar surface area (TPSA) is 74.2 Å². The summed E-state index contributed by atoms with van der Waals surface area (Å²) in [5.74, 6) is 1.39. The van der Waals surface area contributed by atoms with Gasteiger partial charge >= 0.3 is 7.82 Å². The molecule has 0 saturated heterocycles. The molecule has 0 saturated carbocycles. The van der Waals surface area contributed by atoms with Crippen LogP contribution in [0, 0.1) is 0 Å². The van der Waals surface area contributed by atoms with E-state index in [1.165, 1.54) is 64.5 Å². The average Bonchev–Trinajstić information content (AvgIpc) is 2.77. The zero-order chi connectivity index (χ0) is 23.1. The van der Waals surface area contributed by atoms with Crippen LogP contribution in [0.5, 0.6) is 23.0 Å². The van der Waals surface area contributed by atoms with E-state index in [-0.39, 0.29) is 11.5 Å². The third-order valence-electron chi connectivity index (χ3n) is 5.04. The number of phosphoric ester groups is 1. The highest BCUT2D eigenvalue weighted by Crippen LogP contribution is 2.45. The number of para-hydroxylation sites is 1. The predicted octanol–water partition coefficient (Wildman–Crippen LogP) is 7.55. The summed E-state index contributed by atoms with van der Waals surface area (Å²) in [7, 11) is -2.84. The SMILES string of the molecule is CCCCCCCCCCCCOc1cc(OC)cc(OP(=O)(O)Oc2ccccc2)c1. The molecule has 0 amide bonds. The Labute approximate surface area is 192 Å². The Bertz CT molecular complexity index is 811. The lowest BCUT2D eigenvalue weighted by atomic mass is 10.1. The maximum absolute atomic E-state index is 12.4. The van der Waals surface area contributed by atoms with Crippen molar-refractivity contribution in [3.8, 4) is 23.0 Å². The first-order valence-corrected chi connectivity index (χ1v) is 13.1. The molecule has 7 heteroatoms. The third-order valence-corrected chi connectivity index (χ3v) is 5.92. The van der Waals surface area contributed by atoms with E-state index in [9.17, 15) is 9.46 Å². The molecule has 2 aromatic carbocycles. The minimum atomic E-state index is -4.35. The largest absolute Gasteiger partial charge is 0.584 e. The molecule has 0 radical (unpaired) electrons. The van der Waals surface area contributed by atoms with Crippen LogP contribution in [0.2, 0.25) is 0 Å². The van der Waals surface area contributed by atoms with Crippen molar-refractivity contribution < 1.29 is 28.0 Å². The number of rotatable bonds is 17. The minimum absolute atomic E-state index is 0.143. The van der Waals surface area contributed by atoms with Crippen LogP contribution in [-0.2, 0) is 4.57 Å². The van der Waals surface area contributed by atoms with Crippen molar-refractivity contribution in [3.05, 3.63) is 48.5 Å². The molecule has 0 heterocycles. The Hall–Kier alpha value is -2.17. The van der Waals surface area contributed by atoms with Crippen LogP contribution in [-0.4, -0.2) is 18.6 Å². The van der Waals surface area contributed by atoms with E-state index < -0.39 is 7.82 Å². The normalized spacial score (nSPS) is 12.7. The Morgan fingerprint density at radius 2 is 1.25 bits per heavy atom. The fourth-order valence-corrected chi connectivity index (χ4v) is 4.14. The molecule has 0 bridgehead atoms. The molecule has 32 heavy (non-hydrogen) atoms. The highest BCUT2D eigenvalue weighted by molar-refractivity contribution is 7.48. The van der Waals surface area contributed by atoms with Gasteiger partial charge in [0.1, 0.15) is 23.0 Å². The Kier molecular flexibility index (Phi) is 12.1. The number of hydrogen-bond acceptors (Lipinski definition) is 5. The quantitative estimate of drug-likeness (QED) is 0.192. The highest BCUT2D eigenvalue weighted by Gasteiger charge is 2.25. The molecule has 2 rings (SSSR count). The molecule has 0 aliphatic heterocycles. The van der Waals surface area contributed by atoms with Crippen LogP contribution in [0.4, 0.5) is 0 Å². The molecule has 2 aromatic rings. The summed E-state index contributed by atoms with van der Waals surface area (Å²) in [6.07, 6.45) is 12.6. The first-order chi connectivity index (χ1) is 15.5. The molecule has 0 spiro atoms. The van der Waals surface area contributed by atoms with Gasteiger partial charge in [-0.25, -0.2) is 4.57 Å². The predicted molar refractivity (Wildman–Crippen MR) is 128 cm³/mol. The van der Waals surface area contributed by atoms with E-state index in [4.69, 9.17) is 18.5 Å². The van der Waals surface area contributed by atoms with Gasteiger partial charge in [-0.15, -0.1) is 0 Å². The van der Waals surface area contributed by atoms with Crippen molar-refractivity contribution in [1.82, 2.24) is 0 Å². The van der Waals surface area contributed by atoms with Crippen molar-refractivity contribution in [2.24, 2.45) is 0 Å². The van der Waals surface area contributed by atoms with Gasteiger partial charge < -0.3 is 18.5 Å². The van der Waals surface area contributed by atoms with E-state index in [2.05, 4.69) is 6.92 Å². The van der Waals surface area contributed by atoms with Crippen LogP contribution in [0.15, 0.2) is 48.5 Å². The lowest BCUT2D eigenvalue weighted by Gasteiger charge is -2.15. The summed E-state index contributed by atoms with van der Waals surface area (Å²) in [6, 6.07) is 13.2. The Morgan fingerprint density at radius 3 is 1.88 bits per heavy atom. The minimum Gasteiger partial charge on any atom is -0.496 e. The third kappa shape index (κ3) is 10.9. The van der Waals surface area contributed by atoms with Crippen molar-refractivity contribution in [3.63, 3.8) is 0 Å². The summed E-state index contributed by atoms with van der Waals surface area (Å²) in [4.78, 5) is 10.1. The zero-order valence-electron chi connectivity index (χ0n) is 19.3. The number of phosphoric acid groups is 1. The van der Waals surface area contributed by atoms with Crippen LogP contribution >= 0.6 is 7.82 Å². The van der Waals surface area contributed by atoms with Crippen molar-refractivity contribution in [2.45, 2.75) is 71.1 Å². The van der Waals surface area contributed by atoms with Gasteiger partial charge in [0.2, 0.25) is 0 Å². The number of methoxy groups -OCH3 is 1. The number of hydrogen-bond donors (Lipinski definition) is 1. The van der Waals surface area contributed by atoms with Gasteiger partial charge in [0.25, 0.3) is 0 Å². The van der Waals surface area contributed by atoms with Crippen LogP contribution in [0.1, 0.15) is 71.1 Å². The van der Waals surface area contributed by atoms with Gasteiger partial charge in [0.15, 0.2) is 0 Å². The number of unbranched alkanes of at least 4 members (excludes halogenated alkanes) is 9. The highest BCUT2D eigenvalue weighted by atomic mass is 31.2. The van der Waals surface area contributed by atoms with Gasteiger partial charge in [-0.2, -0.15) is 0 Å². The van der Waals surface area contributed by atoms with Crippen molar-refractivity contribution >= 4 is 7.82 Å². The smallest absolute Gasteiger partial charge is 0.496 e. The van der Waals surface area contributed by atoms with Gasteiger partial charge in [-0.3, -0.25) is 4.89 Å². The maximum Gasteiger partial charge on any atom is 0.584 e. The second kappa shape index (κ2) is 14.8. The fraction of sp³-hybridized carbons (Fsp3) is 0.520. The van der Waals surface area contributed by atoms with E-state index in [0.29, 0.717) is 18.1 Å². The zero-order valence-corrected chi connectivity index (χ0v) is 20.2. The van der Waals surface area contributed by atoms with E-state index >= 15 is 0 Å². The molecular weight excluding hydrogens is 427 g/mol.